The predicted octanol–water partition coefficient (Wildman–Crippen LogP) is 1.36. The molecule has 0 spiro atoms. The molecule has 0 atom stereocenters. The van der Waals surface area contributed by atoms with E-state index in [0.717, 1.165) is 0 Å². The first-order valence-corrected chi connectivity index (χ1v) is 3.82. The minimum atomic E-state index is -0.356. The third-order valence-electron chi connectivity index (χ3n) is 0.999. The predicted molar refractivity (Wildman–Crippen MR) is 51.6 cm³/mol. The summed E-state index contributed by atoms with van der Waals surface area (Å²) in [5.41, 5.74) is -0.356. The van der Waals surface area contributed by atoms with E-state index in [9.17, 15) is 4.79 Å². The molecular weight excluding hydrogens is 178 g/mol. The van der Waals surface area contributed by atoms with Gasteiger partial charge in [-0.05, 0) is 27.8 Å². The first kappa shape index (κ1) is 14.3. The first-order valence-electron chi connectivity index (χ1n) is 3.82. The third-order valence-corrected chi connectivity index (χ3v) is 0.999. The van der Waals surface area contributed by atoms with Gasteiger partial charge >= 0.3 is 5.97 Å². The third kappa shape index (κ3) is 9.72. The Labute approximate surface area is 80.3 Å². The zero-order valence-corrected chi connectivity index (χ0v) is 8.96. The SMILES string of the molecule is CNCCC(=O)OC(C)(C)C.Cl. The maximum absolute atomic E-state index is 11.0. The van der Waals surface area contributed by atoms with Gasteiger partial charge in [0.1, 0.15) is 5.60 Å². The number of carbonyl (C=O) groups is 1. The molecule has 0 saturated heterocycles. The minimum absolute atomic E-state index is 0. The van der Waals surface area contributed by atoms with Crippen LogP contribution in [0.1, 0.15) is 27.2 Å². The van der Waals surface area contributed by atoms with Gasteiger partial charge in [-0.3, -0.25) is 4.79 Å². The van der Waals surface area contributed by atoms with Crippen molar-refractivity contribution in [1.82, 2.24) is 5.32 Å². The summed E-state index contributed by atoms with van der Waals surface area (Å²) in [4.78, 5) is 11.0. The summed E-state index contributed by atoms with van der Waals surface area (Å²) >= 11 is 0. The molecule has 3 nitrogen and oxygen atoms in total. The number of hydrogen-bond acceptors (Lipinski definition) is 3. The monoisotopic (exact) mass is 195 g/mol. The zero-order chi connectivity index (χ0) is 8.91. The van der Waals surface area contributed by atoms with Crippen molar-refractivity contribution >= 4 is 18.4 Å². The highest BCUT2D eigenvalue weighted by Crippen LogP contribution is 2.07. The number of esters is 1. The van der Waals surface area contributed by atoms with Gasteiger partial charge in [-0.25, -0.2) is 0 Å². The van der Waals surface area contributed by atoms with E-state index in [2.05, 4.69) is 5.32 Å². The maximum Gasteiger partial charge on any atom is 0.307 e. The molecule has 0 aliphatic rings. The van der Waals surface area contributed by atoms with Gasteiger partial charge in [0.25, 0.3) is 0 Å². The number of rotatable bonds is 3. The average Bonchev–Trinajstić information content (AvgIpc) is 1.79. The molecule has 0 aromatic carbocycles. The van der Waals surface area contributed by atoms with E-state index in [1.54, 1.807) is 0 Å². The Morgan fingerprint density at radius 2 is 1.92 bits per heavy atom. The largest absolute Gasteiger partial charge is 0.460 e. The fraction of sp³-hybridized carbons (Fsp3) is 0.875. The fourth-order valence-electron chi connectivity index (χ4n) is 0.620. The Balaban J connectivity index is 0. The van der Waals surface area contributed by atoms with Crippen LogP contribution < -0.4 is 5.32 Å². The first-order chi connectivity index (χ1) is 4.95. The Morgan fingerprint density at radius 1 is 1.42 bits per heavy atom. The second-order valence-electron chi connectivity index (χ2n) is 3.44. The van der Waals surface area contributed by atoms with Crippen LogP contribution in [0, 0.1) is 0 Å². The van der Waals surface area contributed by atoms with Crippen LogP contribution in [0.2, 0.25) is 0 Å². The molecule has 0 aliphatic heterocycles. The molecule has 12 heavy (non-hydrogen) atoms. The molecule has 1 N–H and O–H groups in total. The van der Waals surface area contributed by atoms with Crippen LogP contribution in [-0.4, -0.2) is 25.2 Å². The molecule has 74 valence electrons. The summed E-state index contributed by atoms with van der Waals surface area (Å²) in [6.45, 7) is 6.27. The van der Waals surface area contributed by atoms with Crippen LogP contribution in [0.3, 0.4) is 0 Å². The van der Waals surface area contributed by atoms with Crippen molar-refractivity contribution in [2.45, 2.75) is 32.8 Å². The van der Waals surface area contributed by atoms with Crippen molar-refractivity contribution in [3.8, 4) is 0 Å². The van der Waals surface area contributed by atoms with Gasteiger partial charge in [0, 0.05) is 6.54 Å². The van der Waals surface area contributed by atoms with Crippen molar-refractivity contribution in [2.24, 2.45) is 0 Å². The lowest BCUT2D eigenvalue weighted by Crippen LogP contribution is -2.25. The lowest BCUT2D eigenvalue weighted by Gasteiger charge is -2.19. The highest BCUT2D eigenvalue weighted by Gasteiger charge is 2.14. The van der Waals surface area contributed by atoms with Crippen LogP contribution in [0.5, 0.6) is 0 Å². The van der Waals surface area contributed by atoms with E-state index < -0.39 is 0 Å². The second kappa shape index (κ2) is 6.26. The van der Waals surface area contributed by atoms with Gasteiger partial charge in [0.2, 0.25) is 0 Å². The van der Waals surface area contributed by atoms with Gasteiger partial charge in [-0.15, -0.1) is 12.4 Å². The van der Waals surface area contributed by atoms with E-state index in [4.69, 9.17) is 4.74 Å². The van der Waals surface area contributed by atoms with Gasteiger partial charge in [-0.1, -0.05) is 0 Å². The summed E-state index contributed by atoms with van der Waals surface area (Å²) in [6.07, 6.45) is 0.438. The van der Waals surface area contributed by atoms with E-state index in [-0.39, 0.29) is 24.0 Å². The molecule has 0 aliphatic carbocycles. The van der Waals surface area contributed by atoms with Crippen LogP contribution in [0.25, 0.3) is 0 Å². The minimum Gasteiger partial charge on any atom is -0.460 e. The van der Waals surface area contributed by atoms with Gasteiger partial charge in [0.05, 0.1) is 6.42 Å². The summed E-state index contributed by atoms with van der Waals surface area (Å²) in [7, 11) is 1.81. The quantitative estimate of drug-likeness (QED) is 0.692. The maximum atomic E-state index is 11.0. The number of nitrogens with one attached hydrogen (secondary N) is 1. The van der Waals surface area contributed by atoms with Crippen LogP contribution in [0.15, 0.2) is 0 Å². The molecule has 4 heteroatoms. The van der Waals surface area contributed by atoms with E-state index in [1.165, 1.54) is 0 Å². The average molecular weight is 196 g/mol. The Hall–Kier alpha value is -0.280. The van der Waals surface area contributed by atoms with E-state index >= 15 is 0 Å². The van der Waals surface area contributed by atoms with Gasteiger partial charge in [0.15, 0.2) is 0 Å². The molecule has 0 heterocycles. The molecule has 0 rings (SSSR count). The molecule has 0 fully saturated rings. The highest BCUT2D eigenvalue weighted by atomic mass is 35.5. The molecular formula is C8H18ClNO2. The summed E-state index contributed by atoms with van der Waals surface area (Å²) in [5, 5.41) is 2.88. The van der Waals surface area contributed by atoms with Gasteiger partial charge < -0.3 is 10.1 Å². The Kier molecular flexibility index (Phi) is 7.44. The van der Waals surface area contributed by atoms with Gasteiger partial charge in [-0.2, -0.15) is 0 Å². The topological polar surface area (TPSA) is 38.3 Å². The number of ether oxygens (including phenoxy) is 1. The highest BCUT2D eigenvalue weighted by molar-refractivity contribution is 5.85. The number of hydrogen-bond donors (Lipinski definition) is 1. The molecule has 0 radical (unpaired) electrons. The second-order valence-corrected chi connectivity index (χ2v) is 3.44. The summed E-state index contributed by atoms with van der Waals surface area (Å²) < 4.78 is 5.06. The molecule has 0 aromatic rings. The summed E-state index contributed by atoms with van der Waals surface area (Å²) in [6, 6.07) is 0. The van der Waals surface area contributed by atoms with Crippen molar-refractivity contribution in [3.63, 3.8) is 0 Å². The molecule has 0 saturated carbocycles. The van der Waals surface area contributed by atoms with Crippen molar-refractivity contribution < 1.29 is 9.53 Å². The lowest BCUT2D eigenvalue weighted by atomic mass is 10.2. The fourth-order valence-corrected chi connectivity index (χ4v) is 0.620. The molecule has 0 amide bonds. The van der Waals surface area contributed by atoms with Crippen LogP contribution in [0.4, 0.5) is 0 Å². The molecule has 0 unspecified atom stereocenters. The van der Waals surface area contributed by atoms with E-state index in [0.29, 0.717) is 13.0 Å². The Bertz CT molecular complexity index is 132. The van der Waals surface area contributed by atoms with Crippen molar-refractivity contribution in [2.75, 3.05) is 13.6 Å². The smallest absolute Gasteiger partial charge is 0.307 e. The standard InChI is InChI=1S/C8H17NO2.ClH/c1-8(2,3)11-7(10)5-6-9-4;/h9H,5-6H2,1-4H3;1H. The van der Waals surface area contributed by atoms with Crippen LogP contribution >= 0.6 is 12.4 Å². The summed E-state index contributed by atoms with van der Waals surface area (Å²) in [5.74, 6) is -0.146. The Morgan fingerprint density at radius 3 is 2.25 bits per heavy atom. The normalized spacial score (nSPS) is 10.3. The van der Waals surface area contributed by atoms with Crippen molar-refractivity contribution in [3.05, 3.63) is 0 Å². The molecule has 0 bridgehead atoms. The van der Waals surface area contributed by atoms with Crippen molar-refractivity contribution in [1.29, 1.82) is 0 Å². The van der Waals surface area contributed by atoms with Crippen LogP contribution in [-0.2, 0) is 9.53 Å². The van der Waals surface area contributed by atoms with E-state index in [1.807, 2.05) is 27.8 Å². The zero-order valence-electron chi connectivity index (χ0n) is 8.14. The lowest BCUT2D eigenvalue weighted by molar-refractivity contribution is -0.154. The molecule has 0 aromatic heterocycles. The number of halogens is 1. The number of carbonyl (C=O) groups excluding carboxylic acids is 1.